The predicted octanol–water partition coefficient (Wildman–Crippen LogP) is 4.29. The van der Waals surface area contributed by atoms with Crippen molar-refractivity contribution in [3.63, 3.8) is 0 Å². The third-order valence-electron chi connectivity index (χ3n) is 4.65. The Morgan fingerprint density at radius 3 is 2.74 bits per heavy atom. The highest BCUT2D eigenvalue weighted by atomic mass is 35.5. The molecular weight excluding hydrogens is 362 g/mol. The number of pyridine rings is 1. The lowest BCUT2D eigenvalue weighted by Gasteiger charge is -2.30. The maximum Gasteiger partial charge on any atom is 0.256 e. The molecule has 2 aromatic carbocycles. The summed E-state index contributed by atoms with van der Waals surface area (Å²) in [5.74, 6) is -0.173. The van der Waals surface area contributed by atoms with E-state index >= 15 is 0 Å². The molecule has 5 nitrogen and oxygen atoms in total. The van der Waals surface area contributed by atoms with Crippen molar-refractivity contribution in [2.45, 2.75) is 6.92 Å². The Morgan fingerprint density at radius 2 is 1.93 bits per heavy atom. The van der Waals surface area contributed by atoms with Gasteiger partial charge in [-0.2, -0.15) is 0 Å². The summed E-state index contributed by atoms with van der Waals surface area (Å²) in [6.45, 7) is 4.79. The van der Waals surface area contributed by atoms with Crippen molar-refractivity contribution in [2.75, 3.05) is 36.5 Å². The van der Waals surface area contributed by atoms with E-state index in [0.717, 1.165) is 35.4 Å². The minimum atomic E-state index is -0.173. The van der Waals surface area contributed by atoms with Gasteiger partial charge in [-0.05, 0) is 37.3 Å². The largest absolute Gasteiger partial charge is 0.378 e. The van der Waals surface area contributed by atoms with Crippen molar-refractivity contribution >= 4 is 39.8 Å². The van der Waals surface area contributed by atoms with Crippen molar-refractivity contribution in [1.29, 1.82) is 0 Å². The highest BCUT2D eigenvalue weighted by molar-refractivity contribution is 6.31. The Labute approximate surface area is 162 Å². The maximum atomic E-state index is 13.1. The fourth-order valence-electron chi connectivity index (χ4n) is 3.37. The van der Waals surface area contributed by atoms with Crippen LogP contribution < -0.4 is 10.2 Å². The van der Waals surface area contributed by atoms with Crippen LogP contribution in [0, 0.1) is 6.92 Å². The van der Waals surface area contributed by atoms with Crippen molar-refractivity contribution in [3.05, 3.63) is 64.8 Å². The number of nitrogens with zero attached hydrogens (tertiary/aromatic N) is 2. The van der Waals surface area contributed by atoms with Crippen LogP contribution in [0.4, 0.5) is 11.4 Å². The minimum Gasteiger partial charge on any atom is -0.378 e. The number of aromatic nitrogens is 1. The molecule has 1 fully saturated rings. The minimum absolute atomic E-state index is 0.173. The first-order chi connectivity index (χ1) is 13.1. The fraction of sp³-hybridized carbons (Fsp3) is 0.238. The topological polar surface area (TPSA) is 54.5 Å². The number of carbonyl (C=O) groups excluding carboxylic acids is 1. The average molecular weight is 382 g/mol. The van der Waals surface area contributed by atoms with E-state index in [1.807, 2.05) is 49.4 Å². The Balaban J connectivity index is 1.70. The molecule has 1 aromatic heterocycles. The van der Waals surface area contributed by atoms with Crippen LogP contribution in [0.5, 0.6) is 0 Å². The van der Waals surface area contributed by atoms with E-state index in [1.54, 1.807) is 6.07 Å². The monoisotopic (exact) mass is 381 g/mol. The molecule has 2 heterocycles. The zero-order valence-corrected chi connectivity index (χ0v) is 15.8. The van der Waals surface area contributed by atoms with Gasteiger partial charge in [-0.15, -0.1) is 0 Å². The lowest BCUT2D eigenvalue weighted by molar-refractivity contribution is 0.102. The quantitative estimate of drug-likeness (QED) is 0.735. The molecule has 6 heteroatoms. The van der Waals surface area contributed by atoms with E-state index in [1.165, 1.54) is 0 Å². The zero-order chi connectivity index (χ0) is 18.8. The Kier molecular flexibility index (Phi) is 4.97. The molecule has 138 valence electrons. The van der Waals surface area contributed by atoms with Gasteiger partial charge < -0.3 is 15.0 Å². The molecule has 0 spiro atoms. The third kappa shape index (κ3) is 3.75. The summed E-state index contributed by atoms with van der Waals surface area (Å²) in [5.41, 5.74) is 3.87. The predicted molar refractivity (Wildman–Crippen MR) is 109 cm³/mol. The van der Waals surface area contributed by atoms with Crippen LogP contribution in [0.3, 0.4) is 0 Å². The van der Waals surface area contributed by atoms with Gasteiger partial charge in [-0.1, -0.05) is 29.8 Å². The van der Waals surface area contributed by atoms with Crippen molar-refractivity contribution in [3.8, 4) is 0 Å². The van der Waals surface area contributed by atoms with E-state index in [2.05, 4.69) is 15.2 Å². The normalized spacial score (nSPS) is 14.4. The molecule has 1 aliphatic rings. The first-order valence-corrected chi connectivity index (χ1v) is 9.29. The van der Waals surface area contributed by atoms with Gasteiger partial charge in [0, 0.05) is 29.2 Å². The van der Waals surface area contributed by atoms with Crippen LogP contribution in [-0.2, 0) is 4.74 Å². The second kappa shape index (κ2) is 7.55. The molecule has 0 aliphatic carbocycles. The summed E-state index contributed by atoms with van der Waals surface area (Å²) in [6, 6.07) is 15.1. The van der Waals surface area contributed by atoms with Gasteiger partial charge in [0.2, 0.25) is 0 Å². The van der Waals surface area contributed by atoms with E-state index in [4.69, 9.17) is 16.3 Å². The molecule has 0 saturated carbocycles. The van der Waals surface area contributed by atoms with E-state index in [-0.39, 0.29) is 5.91 Å². The maximum absolute atomic E-state index is 13.1. The van der Waals surface area contributed by atoms with Crippen LogP contribution in [0.1, 0.15) is 16.1 Å². The summed E-state index contributed by atoms with van der Waals surface area (Å²) < 4.78 is 5.43. The SMILES string of the molecule is Cc1cc(C(=O)Nc2cc(Cl)ccc2N2CCOCC2)c2ccccc2n1. The number of ether oxygens (including phenoxy) is 1. The molecule has 0 bridgehead atoms. The van der Waals surface area contributed by atoms with Gasteiger partial charge in [-0.3, -0.25) is 9.78 Å². The molecule has 27 heavy (non-hydrogen) atoms. The molecule has 1 aliphatic heterocycles. The zero-order valence-electron chi connectivity index (χ0n) is 15.0. The number of hydrogen-bond acceptors (Lipinski definition) is 4. The standard InChI is InChI=1S/C21H20ClN3O2/c1-14-12-17(16-4-2-3-5-18(16)23-14)21(26)24-19-13-15(22)6-7-20(19)25-8-10-27-11-9-25/h2-7,12-13H,8-11H2,1H3,(H,24,26). The van der Waals surface area contributed by atoms with Crippen LogP contribution in [0.25, 0.3) is 10.9 Å². The van der Waals surface area contributed by atoms with Gasteiger partial charge in [0.05, 0.1) is 35.7 Å². The van der Waals surface area contributed by atoms with Crippen LogP contribution in [0.15, 0.2) is 48.5 Å². The van der Waals surface area contributed by atoms with Gasteiger partial charge >= 0.3 is 0 Å². The number of carbonyl (C=O) groups is 1. The molecule has 1 amide bonds. The molecule has 1 saturated heterocycles. The summed E-state index contributed by atoms with van der Waals surface area (Å²) in [5, 5.41) is 4.46. The Bertz CT molecular complexity index is 1000. The number of amides is 1. The summed E-state index contributed by atoms with van der Waals surface area (Å²) in [4.78, 5) is 19.8. The average Bonchev–Trinajstić information content (AvgIpc) is 2.68. The lowest BCUT2D eigenvalue weighted by atomic mass is 10.1. The number of benzene rings is 2. The first-order valence-electron chi connectivity index (χ1n) is 8.92. The second-order valence-electron chi connectivity index (χ2n) is 6.54. The van der Waals surface area contributed by atoms with Gasteiger partial charge in [0.15, 0.2) is 0 Å². The molecule has 0 unspecified atom stereocenters. The smallest absolute Gasteiger partial charge is 0.256 e. The third-order valence-corrected chi connectivity index (χ3v) is 4.88. The molecule has 4 rings (SSSR count). The molecular formula is C21H20ClN3O2. The van der Waals surface area contributed by atoms with Crippen molar-refractivity contribution in [1.82, 2.24) is 4.98 Å². The summed E-state index contributed by atoms with van der Waals surface area (Å²) >= 11 is 6.20. The summed E-state index contributed by atoms with van der Waals surface area (Å²) in [7, 11) is 0. The number of hydrogen-bond donors (Lipinski definition) is 1. The molecule has 3 aromatic rings. The van der Waals surface area contributed by atoms with E-state index in [0.29, 0.717) is 29.5 Å². The fourth-order valence-corrected chi connectivity index (χ4v) is 3.55. The molecule has 1 N–H and O–H groups in total. The van der Waals surface area contributed by atoms with E-state index < -0.39 is 0 Å². The molecule has 0 radical (unpaired) electrons. The van der Waals surface area contributed by atoms with Crippen molar-refractivity contribution < 1.29 is 9.53 Å². The van der Waals surface area contributed by atoms with Crippen molar-refractivity contribution in [2.24, 2.45) is 0 Å². The number of aryl methyl sites for hydroxylation is 1. The van der Waals surface area contributed by atoms with Crippen LogP contribution in [0.2, 0.25) is 5.02 Å². The van der Waals surface area contributed by atoms with Gasteiger partial charge in [0.25, 0.3) is 5.91 Å². The first kappa shape index (κ1) is 17.8. The number of morpholine rings is 1. The highest BCUT2D eigenvalue weighted by Crippen LogP contribution is 2.31. The molecule has 0 atom stereocenters. The lowest BCUT2D eigenvalue weighted by Crippen LogP contribution is -2.36. The number of halogens is 1. The Morgan fingerprint density at radius 1 is 1.15 bits per heavy atom. The van der Waals surface area contributed by atoms with Crippen LogP contribution >= 0.6 is 11.6 Å². The number of fused-ring (bicyclic) bond motifs is 1. The number of nitrogens with one attached hydrogen (secondary N) is 1. The van der Waals surface area contributed by atoms with Crippen LogP contribution in [-0.4, -0.2) is 37.2 Å². The van der Waals surface area contributed by atoms with Gasteiger partial charge in [0.1, 0.15) is 0 Å². The second-order valence-corrected chi connectivity index (χ2v) is 6.98. The Hall–Kier alpha value is -2.63. The number of rotatable bonds is 3. The summed E-state index contributed by atoms with van der Waals surface area (Å²) in [6.07, 6.45) is 0. The number of para-hydroxylation sites is 1. The highest BCUT2D eigenvalue weighted by Gasteiger charge is 2.18. The number of anilines is 2. The van der Waals surface area contributed by atoms with Gasteiger partial charge in [-0.25, -0.2) is 0 Å². The van der Waals surface area contributed by atoms with E-state index in [9.17, 15) is 4.79 Å².